The Labute approximate surface area is 178 Å². The van der Waals surface area contributed by atoms with E-state index in [-0.39, 0.29) is 0 Å². The van der Waals surface area contributed by atoms with Gasteiger partial charge >= 0.3 is 6.18 Å². The number of hydrogen-bond acceptors (Lipinski definition) is 5. The number of amides is 1. The molecule has 1 N–H and O–H groups in total. The number of aromatic nitrogens is 3. The highest BCUT2D eigenvalue weighted by atomic mass is 32.2. The molecule has 1 aliphatic rings. The summed E-state index contributed by atoms with van der Waals surface area (Å²) in [5.74, 6) is 0.121. The van der Waals surface area contributed by atoms with Gasteiger partial charge in [0.25, 0.3) is 0 Å². The molecule has 2 aromatic rings. The molecule has 30 heavy (non-hydrogen) atoms. The van der Waals surface area contributed by atoms with Crippen LogP contribution < -0.4 is 5.32 Å². The number of likely N-dealkylation sites (tertiary alicyclic amines) is 1. The molecule has 0 aliphatic carbocycles. The van der Waals surface area contributed by atoms with E-state index in [1.807, 2.05) is 40.2 Å². The van der Waals surface area contributed by atoms with Crippen LogP contribution in [0.15, 0.2) is 35.5 Å². The number of carbonyl (C=O) groups excluding carboxylic acids is 1. The fourth-order valence-electron chi connectivity index (χ4n) is 3.31. The number of halogens is 3. The molecular formula is C20H26F3N5OS. The first-order valence-corrected chi connectivity index (χ1v) is 10.9. The van der Waals surface area contributed by atoms with E-state index >= 15 is 0 Å². The Morgan fingerprint density at radius 2 is 1.83 bits per heavy atom. The van der Waals surface area contributed by atoms with Crippen LogP contribution in [0.25, 0.3) is 0 Å². The number of thioether (sulfide) groups is 1. The van der Waals surface area contributed by atoms with Crippen LogP contribution >= 0.6 is 11.8 Å². The zero-order chi connectivity index (χ0) is 21.6. The quantitative estimate of drug-likeness (QED) is 0.636. The topological polar surface area (TPSA) is 63.1 Å². The third kappa shape index (κ3) is 6.73. The smallest absolute Gasteiger partial charge is 0.346 e. The molecule has 3 rings (SSSR count). The van der Waals surface area contributed by atoms with Gasteiger partial charge in [-0.2, -0.15) is 13.2 Å². The summed E-state index contributed by atoms with van der Waals surface area (Å²) in [5.41, 5.74) is 1.06. The summed E-state index contributed by atoms with van der Waals surface area (Å²) in [7, 11) is 0. The summed E-state index contributed by atoms with van der Waals surface area (Å²) < 4.78 is 39.1. The van der Waals surface area contributed by atoms with E-state index in [0.717, 1.165) is 49.1 Å². The van der Waals surface area contributed by atoms with Crippen LogP contribution in [0.3, 0.4) is 0 Å². The second-order valence-electron chi connectivity index (χ2n) is 7.40. The summed E-state index contributed by atoms with van der Waals surface area (Å²) in [4.78, 5) is 14.4. The van der Waals surface area contributed by atoms with Crippen LogP contribution in [-0.4, -0.2) is 56.6 Å². The Bertz CT molecular complexity index is 822. The number of alkyl halides is 3. The molecule has 1 aromatic heterocycles. The van der Waals surface area contributed by atoms with Gasteiger partial charge in [0, 0.05) is 0 Å². The van der Waals surface area contributed by atoms with E-state index in [1.165, 1.54) is 6.42 Å². The predicted molar refractivity (Wildman–Crippen MR) is 109 cm³/mol. The van der Waals surface area contributed by atoms with Gasteiger partial charge in [0.05, 0.1) is 18.3 Å². The molecule has 164 valence electrons. The average molecular weight is 442 g/mol. The van der Waals surface area contributed by atoms with Crippen molar-refractivity contribution in [2.45, 2.75) is 55.9 Å². The van der Waals surface area contributed by atoms with E-state index < -0.39 is 23.9 Å². The third-order valence-electron chi connectivity index (χ3n) is 4.91. The molecule has 0 saturated carbocycles. The molecule has 1 amide bonds. The molecule has 0 spiro atoms. The molecular weight excluding hydrogens is 415 g/mol. The fraction of sp³-hybridized carbons (Fsp3) is 0.550. The monoisotopic (exact) mass is 441 g/mol. The number of nitrogens with one attached hydrogen (secondary N) is 1. The van der Waals surface area contributed by atoms with Crippen molar-refractivity contribution in [3.63, 3.8) is 0 Å². The van der Waals surface area contributed by atoms with Crippen molar-refractivity contribution in [2.24, 2.45) is 0 Å². The average Bonchev–Trinajstić information content (AvgIpc) is 3.08. The van der Waals surface area contributed by atoms with Gasteiger partial charge in [0.2, 0.25) is 5.91 Å². The summed E-state index contributed by atoms with van der Waals surface area (Å²) in [6.07, 6.45) is -0.885. The highest BCUT2D eigenvalue weighted by Crippen LogP contribution is 2.25. The molecule has 1 fully saturated rings. The minimum atomic E-state index is -4.44. The first-order chi connectivity index (χ1) is 14.3. The van der Waals surface area contributed by atoms with E-state index in [2.05, 4.69) is 15.1 Å². The lowest BCUT2D eigenvalue weighted by Gasteiger charge is -2.26. The van der Waals surface area contributed by atoms with Crippen molar-refractivity contribution in [3.8, 4) is 0 Å². The zero-order valence-electron chi connectivity index (χ0n) is 16.9. The fourth-order valence-corrected chi connectivity index (χ4v) is 4.20. The van der Waals surface area contributed by atoms with Gasteiger partial charge in [0.15, 0.2) is 5.16 Å². The lowest BCUT2D eigenvalue weighted by molar-refractivity contribution is -0.137. The molecule has 1 atom stereocenters. The van der Waals surface area contributed by atoms with E-state index in [1.54, 1.807) is 6.92 Å². The minimum absolute atomic E-state index is 0.528. The normalized spacial score (nSPS) is 16.4. The number of rotatable bonds is 8. The van der Waals surface area contributed by atoms with Gasteiger partial charge in [0.1, 0.15) is 12.4 Å². The van der Waals surface area contributed by atoms with Gasteiger partial charge in [-0.25, -0.2) is 0 Å². The Balaban J connectivity index is 1.74. The SMILES string of the molecule is CC(Sc1nnc(CN2CCCCC2)n1Cc1ccccc1)C(=O)NCC(F)(F)F. The second kappa shape index (κ2) is 10.3. The summed E-state index contributed by atoms with van der Waals surface area (Å²) in [6, 6.07) is 9.83. The van der Waals surface area contributed by atoms with Crippen molar-refractivity contribution in [1.82, 2.24) is 25.0 Å². The Hall–Kier alpha value is -2.07. The van der Waals surface area contributed by atoms with E-state index in [4.69, 9.17) is 0 Å². The highest BCUT2D eigenvalue weighted by molar-refractivity contribution is 8.00. The predicted octanol–water partition coefficient (Wildman–Crippen LogP) is 3.47. The molecule has 10 heteroatoms. The molecule has 1 aliphatic heterocycles. The van der Waals surface area contributed by atoms with Crippen LogP contribution in [-0.2, 0) is 17.9 Å². The molecule has 1 saturated heterocycles. The van der Waals surface area contributed by atoms with Crippen molar-refractivity contribution < 1.29 is 18.0 Å². The first kappa shape index (κ1) is 22.6. The third-order valence-corrected chi connectivity index (χ3v) is 5.99. The summed E-state index contributed by atoms with van der Waals surface area (Å²) in [6.45, 7) is 3.45. The number of piperidine rings is 1. The number of hydrogen-bond donors (Lipinski definition) is 1. The van der Waals surface area contributed by atoms with Gasteiger partial charge in [-0.3, -0.25) is 9.69 Å². The van der Waals surface area contributed by atoms with Gasteiger partial charge in [-0.1, -0.05) is 48.5 Å². The van der Waals surface area contributed by atoms with Crippen LogP contribution in [0.4, 0.5) is 13.2 Å². The van der Waals surface area contributed by atoms with E-state index in [0.29, 0.717) is 18.2 Å². The molecule has 0 bridgehead atoms. The van der Waals surface area contributed by atoms with Crippen molar-refractivity contribution >= 4 is 17.7 Å². The first-order valence-electron chi connectivity index (χ1n) is 10.0. The number of benzene rings is 1. The minimum Gasteiger partial charge on any atom is -0.346 e. The Kier molecular flexibility index (Phi) is 7.76. The van der Waals surface area contributed by atoms with Gasteiger partial charge in [-0.15, -0.1) is 10.2 Å². The Morgan fingerprint density at radius 1 is 1.13 bits per heavy atom. The van der Waals surface area contributed by atoms with Gasteiger partial charge in [-0.05, 0) is 38.4 Å². The molecule has 1 aromatic carbocycles. The Morgan fingerprint density at radius 3 is 2.50 bits per heavy atom. The molecule has 6 nitrogen and oxygen atoms in total. The van der Waals surface area contributed by atoms with Crippen LogP contribution in [0.1, 0.15) is 37.6 Å². The maximum Gasteiger partial charge on any atom is 0.405 e. The van der Waals surface area contributed by atoms with Crippen LogP contribution in [0.2, 0.25) is 0 Å². The summed E-state index contributed by atoms with van der Waals surface area (Å²) in [5, 5.41) is 10.3. The van der Waals surface area contributed by atoms with Crippen LogP contribution in [0.5, 0.6) is 0 Å². The number of carbonyl (C=O) groups is 1. The van der Waals surface area contributed by atoms with E-state index in [9.17, 15) is 18.0 Å². The van der Waals surface area contributed by atoms with Crippen molar-refractivity contribution in [3.05, 3.63) is 41.7 Å². The molecule has 1 unspecified atom stereocenters. The molecule has 2 heterocycles. The summed E-state index contributed by atoms with van der Waals surface area (Å²) >= 11 is 1.12. The second-order valence-corrected chi connectivity index (χ2v) is 8.71. The molecule has 0 radical (unpaired) electrons. The van der Waals surface area contributed by atoms with Crippen molar-refractivity contribution in [1.29, 1.82) is 0 Å². The lowest BCUT2D eigenvalue weighted by atomic mass is 10.1. The highest BCUT2D eigenvalue weighted by Gasteiger charge is 2.29. The van der Waals surface area contributed by atoms with Crippen LogP contribution in [0, 0.1) is 0 Å². The zero-order valence-corrected chi connectivity index (χ0v) is 17.7. The largest absolute Gasteiger partial charge is 0.405 e. The maximum atomic E-state index is 12.4. The van der Waals surface area contributed by atoms with Gasteiger partial charge < -0.3 is 9.88 Å². The standard InChI is InChI=1S/C20H26F3N5OS/c1-15(18(29)24-14-20(21,22)23)30-19-26-25-17(13-27-10-6-3-7-11-27)28(19)12-16-8-4-2-5-9-16/h2,4-5,8-9,15H,3,6-7,10-14H2,1H3,(H,24,29). The lowest BCUT2D eigenvalue weighted by Crippen LogP contribution is -2.38. The maximum absolute atomic E-state index is 12.4. The number of nitrogens with zero attached hydrogens (tertiary/aromatic N) is 4. The van der Waals surface area contributed by atoms with Crippen molar-refractivity contribution in [2.75, 3.05) is 19.6 Å².